The van der Waals surface area contributed by atoms with Gasteiger partial charge in [0.25, 0.3) is 0 Å². The van der Waals surface area contributed by atoms with E-state index >= 15 is 0 Å². The summed E-state index contributed by atoms with van der Waals surface area (Å²) < 4.78 is 9.96. The van der Waals surface area contributed by atoms with Crippen LogP contribution in [0, 0.1) is 6.20 Å². The van der Waals surface area contributed by atoms with Crippen molar-refractivity contribution in [2.75, 3.05) is 0 Å². The standard InChI is InChI=1S/C9H4N3OSSe/c1-2-8(15-3-1)9-6(4-11-14-9)7-5-10-13-12-7/h1-3,5H. The van der Waals surface area contributed by atoms with Gasteiger partial charge in [0.15, 0.2) is 0 Å². The van der Waals surface area contributed by atoms with Crippen LogP contribution in [0.15, 0.2) is 27.9 Å². The molecule has 3 aromatic rings. The van der Waals surface area contributed by atoms with Crippen molar-refractivity contribution in [3.63, 3.8) is 0 Å². The quantitative estimate of drug-likeness (QED) is 0.671. The minimum atomic E-state index is 0.395. The molecule has 3 aromatic heterocycles. The van der Waals surface area contributed by atoms with Crippen LogP contribution in [0.25, 0.3) is 20.6 Å². The van der Waals surface area contributed by atoms with E-state index in [0.29, 0.717) is 20.2 Å². The van der Waals surface area contributed by atoms with Crippen molar-refractivity contribution in [2.24, 2.45) is 0 Å². The van der Waals surface area contributed by atoms with Crippen LogP contribution in [-0.4, -0.2) is 29.2 Å². The van der Waals surface area contributed by atoms with E-state index in [1.165, 1.54) is 16.0 Å². The van der Waals surface area contributed by atoms with E-state index in [9.17, 15) is 0 Å². The molecule has 0 aliphatic rings. The van der Waals surface area contributed by atoms with Crippen LogP contribution in [0.5, 0.6) is 0 Å². The summed E-state index contributed by atoms with van der Waals surface area (Å²) in [6.07, 6.45) is 4.52. The van der Waals surface area contributed by atoms with Gasteiger partial charge in [0.2, 0.25) is 0 Å². The first-order chi connectivity index (χ1) is 7.45. The molecular formula is C9H4N3OSSe. The van der Waals surface area contributed by atoms with Crippen LogP contribution in [-0.2, 0) is 0 Å². The van der Waals surface area contributed by atoms with Crippen LogP contribution in [0.3, 0.4) is 0 Å². The fourth-order valence-corrected chi connectivity index (χ4v) is 3.75. The molecule has 0 amide bonds. The Kier molecular flexibility index (Phi) is 2.25. The average Bonchev–Trinajstić information content (AvgIpc) is 3.01. The van der Waals surface area contributed by atoms with Crippen molar-refractivity contribution in [3.8, 4) is 20.6 Å². The first-order valence-electron chi connectivity index (χ1n) is 4.14. The molecule has 0 N–H and O–H groups in total. The summed E-state index contributed by atoms with van der Waals surface area (Å²) in [5.41, 5.74) is 1.58. The molecule has 0 aliphatic carbocycles. The third-order valence-corrected chi connectivity index (χ3v) is 4.83. The predicted molar refractivity (Wildman–Crippen MR) is 56.6 cm³/mol. The second kappa shape index (κ2) is 3.73. The second-order valence-corrected chi connectivity index (χ2v) is 5.53. The molecule has 0 saturated heterocycles. The normalized spacial score (nSPS) is 10.7. The van der Waals surface area contributed by atoms with Crippen molar-refractivity contribution in [2.45, 2.75) is 0 Å². The summed E-state index contributed by atoms with van der Waals surface area (Å²) in [4.78, 5) is 3.29. The summed E-state index contributed by atoms with van der Waals surface area (Å²) in [7, 11) is 0. The van der Waals surface area contributed by atoms with Gasteiger partial charge in [-0.2, -0.15) is 0 Å². The van der Waals surface area contributed by atoms with E-state index in [2.05, 4.69) is 42.6 Å². The molecule has 3 heterocycles. The van der Waals surface area contributed by atoms with E-state index in [0.717, 1.165) is 10.4 Å². The summed E-state index contributed by atoms with van der Waals surface area (Å²) in [5, 5.41) is 7.39. The molecule has 0 saturated carbocycles. The molecular weight excluding hydrogens is 277 g/mol. The molecule has 0 atom stereocenters. The van der Waals surface area contributed by atoms with Crippen molar-refractivity contribution in [3.05, 3.63) is 29.5 Å². The van der Waals surface area contributed by atoms with E-state index < -0.39 is 0 Å². The van der Waals surface area contributed by atoms with Crippen LogP contribution >= 0.6 is 11.5 Å². The average molecular weight is 281 g/mol. The number of nitrogens with zero attached hydrogens (tertiary/aromatic N) is 3. The van der Waals surface area contributed by atoms with Gasteiger partial charge in [-0.25, -0.2) is 0 Å². The van der Waals surface area contributed by atoms with Gasteiger partial charge in [-0.05, 0) is 0 Å². The van der Waals surface area contributed by atoms with Crippen molar-refractivity contribution < 1.29 is 4.63 Å². The molecule has 6 heteroatoms. The molecule has 73 valence electrons. The molecule has 1 radical (unpaired) electrons. The summed E-state index contributed by atoms with van der Waals surface area (Å²) in [6, 6.07) is 4.18. The molecule has 4 nitrogen and oxygen atoms in total. The molecule has 0 fully saturated rings. The Hall–Kier alpha value is -1.23. The maximum absolute atomic E-state index is 4.58. The third-order valence-electron chi connectivity index (χ3n) is 1.88. The SMILES string of the molecule is [c]1nsc(-c2ccc[se]2)c1-c1cnon1. The molecule has 0 spiro atoms. The van der Waals surface area contributed by atoms with Crippen LogP contribution in [0.2, 0.25) is 0 Å². The van der Waals surface area contributed by atoms with E-state index in [4.69, 9.17) is 0 Å². The van der Waals surface area contributed by atoms with Crippen LogP contribution < -0.4 is 0 Å². The van der Waals surface area contributed by atoms with Gasteiger partial charge in [0.05, 0.1) is 0 Å². The van der Waals surface area contributed by atoms with Crippen molar-refractivity contribution >= 4 is 26.0 Å². The van der Waals surface area contributed by atoms with Crippen LogP contribution in [0.1, 0.15) is 0 Å². The molecule has 3 rings (SSSR count). The molecule has 15 heavy (non-hydrogen) atoms. The fraction of sp³-hybridized carbons (Fsp3) is 0. The van der Waals surface area contributed by atoms with E-state index in [-0.39, 0.29) is 0 Å². The van der Waals surface area contributed by atoms with Gasteiger partial charge >= 0.3 is 95.4 Å². The number of aromatic nitrogens is 3. The van der Waals surface area contributed by atoms with Crippen molar-refractivity contribution in [1.29, 1.82) is 0 Å². The Morgan fingerprint density at radius 3 is 3.20 bits per heavy atom. The third kappa shape index (κ3) is 1.56. The van der Waals surface area contributed by atoms with Gasteiger partial charge < -0.3 is 0 Å². The van der Waals surface area contributed by atoms with Gasteiger partial charge in [0.1, 0.15) is 0 Å². The predicted octanol–water partition coefficient (Wildman–Crippen LogP) is 1.72. The molecule has 0 aliphatic heterocycles. The van der Waals surface area contributed by atoms with Crippen molar-refractivity contribution in [1.82, 2.24) is 14.7 Å². The van der Waals surface area contributed by atoms with Gasteiger partial charge in [-0.3, -0.25) is 0 Å². The van der Waals surface area contributed by atoms with Gasteiger partial charge in [-0.1, -0.05) is 0 Å². The van der Waals surface area contributed by atoms with Gasteiger partial charge in [-0.15, -0.1) is 0 Å². The van der Waals surface area contributed by atoms with E-state index in [1.807, 2.05) is 0 Å². The maximum atomic E-state index is 4.58. The van der Waals surface area contributed by atoms with Crippen LogP contribution in [0.4, 0.5) is 0 Å². The summed E-state index contributed by atoms with van der Waals surface area (Å²) >= 11 is 1.83. The zero-order valence-electron chi connectivity index (χ0n) is 7.38. The number of hydrogen-bond acceptors (Lipinski definition) is 5. The summed E-state index contributed by atoms with van der Waals surface area (Å²) in [6.45, 7) is 0. The summed E-state index contributed by atoms with van der Waals surface area (Å²) in [5.74, 6) is 0. The number of hydrogen-bond donors (Lipinski definition) is 0. The zero-order valence-corrected chi connectivity index (χ0v) is 9.91. The Morgan fingerprint density at radius 1 is 1.47 bits per heavy atom. The Morgan fingerprint density at radius 2 is 2.47 bits per heavy atom. The number of rotatable bonds is 2. The second-order valence-electron chi connectivity index (χ2n) is 2.77. The van der Waals surface area contributed by atoms with Gasteiger partial charge in [0, 0.05) is 0 Å². The minimum absolute atomic E-state index is 0.395. The Bertz CT molecular complexity index is 495. The molecule has 0 unspecified atom stereocenters. The first kappa shape index (κ1) is 9.03. The zero-order chi connectivity index (χ0) is 10.1. The molecule has 0 bridgehead atoms. The Labute approximate surface area is 95.4 Å². The first-order valence-corrected chi connectivity index (χ1v) is 6.76. The Balaban J connectivity index is 2.15. The fourth-order valence-electron chi connectivity index (χ4n) is 1.23. The molecule has 0 aromatic carbocycles. The monoisotopic (exact) mass is 282 g/mol. The topological polar surface area (TPSA) is 51.8 Å². The van der Waals surface area contributed by atoms with E-state index in [1.54, 1.807) is 6.20 Å².